The molecule has 0 spiro atoms. The highest BCUT2D eigenvalue weighted by molar-refractivity contribution is 9.10. The Balaban J connectivity index is 2.26. The molecule has 0 aliphatic carbocycles. The molecule has 1 heterocycles. The molecule has 5 heteroatoms. The van der Waals surface area contributed by atoms with Crippen LogP contribution in [-0.4, -0.2) is 5.11 Å². The van der Waals surface area contributed by atoms with E-state index in [4.69, 9.17) is 0 Å². The van der Waals surface area contributed by atoms with E-state index < -0.39 is 17.7 Å². The van der Waals surface area contributed by atoms with Crippen LogP contribution in [-0.2, 0) is 6.42 Å². The van der Waals surface area contributed by atoms with Crippen molar-refractivity contribution in [3.63, 3.8) is 0 Å². The van der Waals surface area contributed by atoms with Crippen molar-refractivity contribution in [3.8, 4) is 0 Å². The summed E-state index contributed by atoms with van der Waals surface area (Å²) >= 11 is 4.75. The number of benzene rings is 1. The van der Waals surface area contributed by atoms with Crippen LogP contribution in [0.4, 0.5) is 8.78 Å². The smallest absolute Gasteiger partial charge is 0.131 e. The van der Waals surface area contributed by atoms with Gasteiger partial charge in [0.05, 0.1) is 11.7 Å². The van der Waals surface area contributed by atoms with E-state index >= 15 is 0 Å². The fourth-order valence-corrected chi connectivity index (χ4v) is 3.13. The molecule has 90 valence electrons. The summed E-state index contributed by atoms with van der Waals surface area (Å²) in [4.78, 5) is 0.861. The van der Waals surface area contributed by atoms with Crippen LogP contribution in [0, 0.1) is 11.6 Å². The SMILES string of the molecule is OC(Cc1sccc1Br)c1c(F)cccc1F. The quantitative estimate of drug-likeness (QED) is 0.904. The summed E-state index contributed by atoms with van der Waals surface area (Å²) in [6, 6.07) is 5.41. The lowest BCUT2D eigenvalue weighted by Gasteiger charge is -2.12. The maximum atomic E-state index is 13.4. The summed E-state index contributed by atoms with van der Waals surface area (Å²) in [5, 5.41) is 11.7. The molecule has 0 fully saturated rings. The lowest BCUT2D eigenvalue weighted by molar-refractivity contribution is 0.169. The zero-order chi connectivity index (χ0) is 12.4. The minimum Gasteiger partial charge on any atom is -0.388 e. The van der Waals surface area contributed by atoms with Gasteiger partial charge in [-0.2, -0.15) is 0 Å². The highest BCUT2D eigenvalue weighted by Gasteiger charge is 2.19. The highest BCUT2D eigenvalue weighted by Crippen LogP contribution is 2.30. The first-order chi connectivity index (χ1) is 8.09. The third kappa shape index (κ3) is 2.73. The molecule has 1 unspecified atom stereocenters. The predicted molar refractivity (Wildman–Crippen MR) is 67.0 cm³/mol. The van der Waals surface area contributed by atoms with Crippen LogP contribution in [0.2, 0.25) is 0 Å². The van der Waals surface area contributed by atoms with Crippen molar-refractivity contribution < 1.29 is 13.9 Å². The second-order valence-electron chi connectivity index (χ2n) is 3.55. The van der Waals surface area contributed by atoms with Crippen LogP contribution >= 0.6 is 27.3 Å². The molecule has 2 aromatic rings. The Morgan fingerprint density at radius 3 is 2.41 bits per heavy atom. The van der Waals surface area contributed by atoms with Crippen LogP contribution in [0.3, 0.4) is 0 Å². The molecule has 17 heavy (non-hydrogen) atoms. The van der Waals surface area contributed by atoms with Gasteiger partial charge in [0.15, 0.2) is 0 Å². The molecule has 1 aromatic heterocycles. The second-order valence-corrected chi connectivity index (χ2v) is 5.40. The van der Waals surface area contributed by atoms with Crippen molar-refractivity contribution in [2.75, 3.05) is 0 Å². The van der Waals surface area contributed by atoms with Crippen LogP contribution in [0.5, 0.6) is 0 Å². The summed E-state index contributed by atoms with van der Waals surface area (Å²) < 4.78 is 27.7. The van der Waals surface area contributed by atoms with Gasteiger partial charge in [0.1, 0.15) is 11.6 Å². The molecule has 1 aromatic carbocycles. The Morgan fingerprint density at radius 1 is 1.24 bits per heavy atom. The molecule has 0 aliphatic heterocycles. The second kappa shape index (κ2) is 5.25. The standard InChI is InChI=1S/C12H9BrF2OS/c13-7-4-5-17-11(7)6-10(16)12-8(14)2-1-3-9(12)15/h1-5,10,16H,6H2. The average Bonchev–Trinajstić information content (AvgIpc) is 2.64. The molecular weight excluding hydrogens is 310 g/mol. The van der Waals surface area contributed by atoms with Crippen LogP contribution in [0.15, 0.2) is 34.1 Å². The number of rotatable bonds is 3. The van der Waals surface area contributed by atoms with Gasteiger partial charge in [-0.1, -0.05) is 6.07 Å². The van der Waals surface area contributed by atoms with E-state index in [1.165, 1.54) is 17.4 Å². The topological polar surface area (TPSA) is 20.2 Å². The molecule has 0 amide bonds. The summed E-state index contributed by atoms with van der Waals surface area (Å²) in [6.07, 6.45) is -0.984. The molecule has 1 N–H and O–H groups in total. The van der Waals surface area contributed by atoms with E-state index in [9.17, 15) is 13.9 Å². The normalized spacial score (nSPS) is 12.7. The first-order valence-corrected chi connectivity index (χ1v) is 6.60. The minimum absolute atomic E-state index is 0.191. The molecule has 1 nitrogen and oxygen atoms in total. The maximum absolute atomic E-state index is 13.4. The number of hydrogen-bond donors (Lipinski definition) is 1. The van der Waals surface area contributed by atoms with Gasteiger partial charge in [-0.25, -0.2) is 8.78 Å². The van der Waals surface area contributed by atoms with Gasteiger partial charge < -0.3 is 5.11 Å². The van der Waals surface area contributed by atoms with Gasteiger partial charge in [-0.3, -0.25) is 0 Å². The van der Waals surface area contributed by atoms with Crippen LogP contribution in [0.1, 0.15) is 16.5 Å². The van der Waals surface area contributed by atoms with Crippen LogP contribution in [0.25, 0.3) is 0 Å². The Bertz CT molecular complexity index is 507. The van der Waals surface area contributed by atoms with Crippen molar-refractivity contribution in [1.82, 2.24) is 0 Å². The molecule has 0 radical (unpaired) electrons. The molecule has 0 bridgehead atoms. The van der Waals surface area contributed by atoms with Crippen molar-refractivity contribution in [2.45, 2.75) is 12.5 Å². The summed E-state index contributed by atoms with van der Waals surface area (Å²) in [6.45, 7) is 0. The van der Waals surface area contributed by atoms with Gasteiger partial charge in [-0.15, -0.1) is 11.3 Å². The zero-order valence-electron chi connectivity index (χ0n) is 8.66. The van der Waals surface area contributed by atoms with Gasteiger partial charge in [0.2, 0.25) is 0 Å². The molecule has 0 saturated heterocycles. The van der Waals surface area contributed by atoms with Crippen LogP contribution < -0.4 is 0 Å². The van der Waals surface area contributed by atoms with Crippen molar-refractivity contribution >= 4 is 27.3 Å². The number of aliphatic hydroxyl groups is 1. The molecule has 1 atom stereocenters. The summed E-state index contributed by atoms with van der Waals surface area (Å²) in [5.41, 5.74) is -0.271. The zero-order valence-corrected chi connectivity index (χ0v) is 11.1. The van der Waals surface area contributed by atoms with E-state index in [1.54, 1.807) is 0 Å². The maximum Gasteiger partial charge on any atom is 0.131 e. The number of aliphatic hydroxyl groups excluding tert-OH is 1. The number of hydrogen-bond acceptors (Lipinski definition) is 2. The van der Waals surface area contributed by atoms with E-state index in [0.717, 1.165) is 21.5 Å². The fourth-order valence-electron chi connectivity index (χ4n) is 1.58. The minimum atomic E-state index is -1.17. The van der Waals surface area contributed by atoms with E-state index in [-0.39, 0.29) is 12.0 Å². The van der Waals surface area contributed by atoms with E-state index in [2.05, 4.69) is 15.9 Å². The van der Waals surface area contributed by atoms with E-state index in [1.807, 2.05) is 11.4 Å². The fraction of sp³-hybridized carbons (Fsp3) is 0.167. The lowest BCUT2D eigenvalue weighted by Crippen LogP contribution is -2.06. The molecule has 0 aliphatic rings. The van der Waals surface area contributed by atoms with Gasteiger partial charge in [0.25, 0.3) is 0 Å². The number of halogens is 3. The third-order valence-electron chi connectivity index (χ3n) is 2.40. The van der Waals surface area contributed by atoms with E-state index in [0.29, 0.717) is 0 Å². The van der Waals surface area contributed by atoms with Gasteiger partial charge >= 0.3 is 0 Å². The predicted octanol–water partition coefficient (Wildman–Crippen LogP) is 4.06. The Kier molecular flexibility index (Phi) is 3.91. The third-order valence-corrected chi connectivity index (χ3v) is 4.35. The first-order valence-electron chi connectivity index (χ1n) is 4.93. The Morgan fingerprint density at radius 2 is 1.88 bits per heavy atom. The average molecular weight is 319 g/mol. The molecular formula is C12H9BrF2OS. The van der Waals surface area contributed by atoms with Crippen molar-refractivity contribution in [2.24, 2.45) is 0 Å². The number of thiophene rings is 1. The largest absolute Gasteiger partial charge is 0.388 e. The summed E-state index contributed by atoms with van der Waals surface area (Å²) in [5.74, 6) is -1.43. The van der Waals surface area contributed by atoms with Gasteiger partial charge in [-0.05, 0) is 39.5 Å². The monoisotopic (exact) mass is 318 g/mol. The first kappa shape index (κ1) is 12.7. The Hall–Kier alpha value is -0.780. The van der Waals surface area contributed by atoms with Crippen molar-refractivity contribution in [1.29, 1.82) is 0 Å². The molecule has 2 rings (SSSR count). The lowest BCUT2D eigenvalue weighted by atomic mass is 10.0. The highest BCUT2D eigenvalue weighted by atomic mass is 79.9. The van der Waals surface area contributed by atoms with Gasteiger partial charge in [0, 0.05) is 15.8 Å². The van der Waals surface area contributed by atoms with Crippen molar-refractivity contribution in [3.05, 3.63) is 56.2 Å². The Labute approximate surface area is 110 Å². The molecule has 0 saturated carbocycles. The summed E-state index contributed by atoms with van der Waals surface area (Å²) in [7, 11) is 0.